The number of nitrogens with zero attached hydrogens (tertiary/aromatic N) is 5. The van der Waals surface area contributed by atoms with E-state index in [-0.39, 0.29) is 0 Å². The summed E-state index contributed by atoms with van der Waals surface area (Å²) in [7, 11) is 0. The zero-order chi connectivity index (χ0) is 38.2. The zero-order valence-corrected chi connectivity index (χ0v) is 31.1. The van der Waals surface area contributed by atoms with Crippen LogP contribution in [0.1, 0.15) is 0 Å². The number of hydrogen-bond acceptors (Lipinski definition) is 5. The normalized spacial score (nSPS) is 11.8. The van der Waals surface area contributed by atoms with Gasteiger partial charge in [-0.25, -0.2) is 15.0 Å². The van der Waals surface area contributed by atoms with E-state index in [0.717, 1.165) is 121 Å². The first-order valence-electron chi connectivity index (χ1n) is 19.5. The minimum Gasteiger partial charge on any atom is -0.254 e. The lowest BCUT2D eigenvalue weighted by Gasteiger charge is -2.17. The molecule has 0 saturated carbocycles. The van der Waals surface area contributed by atoms with Gasteiger partial charge in [0.2, 0.25) is 0 Å². The Balaban J connectivity index is 0.938. The van der Waals surface area contributed by atoms with Crippen LogP contribution in [0.2, 0.25) is 0 Å². The number of fused-ring (bicyclic) bond motifs is 8. The molecule has 5 heteroatoms. The van der Waals surface area contributed by atoms with Crippen LogP contribution in [0.25, 0.3) is 121 Å². The molecule has 0 spiro atoms. The summed E-state index contributed by atoms with van der Waals surface area (Å²) in [4.78, 5) is 25.0. The highest BCUT2D eigenvalue weighted by Crippen LogP contribution is 2.43. The van der Waals surface area contributed by atoms with Gasteiger partial charge in [-0.05, 0) is 92.7 Å². The molecule has 0 bridgehead atoms. The van der Waals surface area contributed by atoms with Crippen LogP contribution < -0.4 is 0 Å². The molecular weight excluding hydrogens is 707 g/mol. The Hall–Kier alpha value is -7.89. The molecule has 5 heterocycles. The van der Waals surface area contributed by atoms with Crippen molar-refractivity contribution in [2.75, 3.05) is 0 Å². The van der Waals surface area contributed by atoms with Crippen molar-refractivity contribution in [2.24, 2.45) is 0 Å². The second-order valence-corrected chi connectivity index (χ2v) is 14.9. The van der Waals surface area contributed by atoms with E-state index < -0.39 is 0 Å². The first kappa shape index (κ1) is 32.4. The molecule has 5 aromatic heterocycles. The molecule has 0 radical (unpaired) electrons. The largest absolute Gasteiger partial charge is 0.254 e. The molecular formula is C53H31N5. The first-order chi connectivity index (χ1) is 28.7. The van der Waals surface area contributed by atoms with E-state index in [1.165, 1.54) is 0 Å². The highest BCUT2D eigenvalue weighted by Gasteiger charge is 2.19. The molecule has 0 fully saturated rings. The van der Waals surface area contributed by atoms with Gasteiger partial charge in [-0.2, -0.15) is 0 Å². The van der Waals surface area contributed by atoms with Crippen LogP contribution in [0.15, 0.2) is 188 Å². The predicted octanol–water partition coefficient (Wildman–Crippen LogP) is 13.4. The molecule has 0 atom stereocenters. The van der Waals surface area contributed by atoms with Crippen LogP contribution in [0.3, 0.4) is 0 Å². The van der Waals surface area contributed by atoms with Gasteiger partial charge < -0.3 is 0 Å². The van der Waals surface area contributed by atoms with Crippen molar-refractivity contribution in [3.8, 4) is 45.0 Å². The average Bonchev–Trinajstić information content (AvgIpc) is 3.29. The fraction of sp³-hybridized carbons (Fsp3) is 0. The Morgan fingerprint density at radius 3 is 1.45 bits per heavy atom. The standard InChI is InChI=1S/C53H31N5/c1-2-9-39-31-55-49(30-34(39)8-1)46-24-20-37-28-35(18-22-44(37)56-46)36-19-23-45-38(29-36)21-26-47(57-45)50-40-11-3-5-13-42(40)51(43-14-6-4-12-41(43)50)48-25-17-33-16-15-32-10-7-27-54-52(32)53(33)58-48/h1-31H. The number of pyridine rings is 5. The summed E-state index contributed by atoms with van der Waals surface area (Å²) in [6, 6.07) is 61.9. The van der Waals surface area contributed by atoms with E-state index in [4.69, 9.17) is 24.9 Å². The van der Waals surface area contributed by atoms with Gasteiger partial charge in [-0.3, -0.25) is 9.97 Å². The van der Waals surface area contributed by atoms with Gasteiger partial charge in [0.1, 0.15) is 0 Å². The maximum absolute atomic E-state index is 5.33. The molecule has 58 heavy (non-hydrogen) atoms. The lowest BCUT2D eigenvalue weighted by molar-refractivity contribution is 1.29. The Kier molecular flexibility index (Phi) is 7.16. The van der Waals surface area contributed by atoms with Crippen molar-refractivity contribution in [2.45, 2.75) is 0 Å². The van der Waals surface area contributed by atoms with Gasteiger partial charge in [-0.15, -0.1) is 0 Å². The third kappa shape index (κ3) is 5.21. The van der Waals surface area contributed by atoms with Gasteiger partial charge in [0, 0.05) is 50.5 Å². The summed E-state index contributed by atoms with van der Waals surface area (Å²) in [5, 5.41) is 11.2. The first-order valence-corrected chi connectivity index (χ1v) is 19.5. The van der Waals surface area contributed by atoms with E-state index in [0.29, 0.717) is 0 Å². The molecule has 0 aliphatic rings. The van der Waals surface area contributed by atoms with Crippen LogP contribution in [0, 0.1) is 0 Å². The zero-order valence-electron chi connectivity index (χ0n) is 31.1. The third-order valence-electron chi connectivity index (χ3n) is 11.5. The Bertz CT molecular complexity index is 3590. The number of benzene rings is 7. The second kappa shape index (κ2) is 12.8. The SMILES string of the molecule is c1ccc2cc(-c3ccc4cc(-c5ccc6nc(-c7c8ccccc8c(-c8ccc9ccc%10cccnc%10c9n8)c8ccccc78)ccc6c5)ccc4n3)ncc2c1. The van der Waals surface area contributed by atoms with Crippen molar-refractivity contribution in [1.82, 2.24) is 24.9 Å². The van der Waals surface area contributed by atoms with Crippen LogP contribution in [-0.2, 0) is 0 Å². The molecule has 7 aromatic carbocycles. The average molecular weight is 738 g/mol. The third-order valence-corrected chi connectivity index (χ3v) is 11.5. The summed E-state index contributed by atoms with van der Waals surface area (Å²) >= 11 is 0. The lowest BCUT2D eigenvalue weighted by atomic mass is 9.88. The minimum absolute atomic E-state index is 0.866. The lowest BCUT2D eigenvalue weighted by Crippen LogP contribution is -1.95. The summed E-state index contributed by atoms with van der Waals surface area (Å²) in [6.07, 6.45) is 3.76. The number of hydrogen-bond donors (Lipinski definition) is 0. The number of aromatic nitrogens is 5. The molecule has 0 N–H and O–H groups in total. The van der Waals surface area contributed by atoms with Crippen LogP contribution in [-0.4, -0.2) is 24.9 Å². The molecule has 0 aliphatic carbocycles. The smallest absolute Gasteiger partial charge is 0.0972 e. The van der Waals surface area contributed by atoms with E-state index >= 15 is 0 Å². The van der Waals surface area contributed by atoms with Gasteiger partial charge >= 0.3 is 0 Å². The number of rotatable bonds is 4. The molecule has 0 aliphatic heterocycles. The van der Waals surface area contributed by atoms with E-state index in [1.54, 1.807) is 0 Å². The molecule has 0 amide bonds. The van der Waals surface area contributed by atoms with Crippen molar-refractivity contribution in [1.29, 1.82) is 0 Å². The fourth-order valence-electron chi connectivity index (χ4n) is 8.66. The molecule has 12 rings (SSSR count). The molecule has 268 valence electrons. The van der Waals surface area contributed by atoms with Crippen molar-refractivity contribution in [3.05, 3.63) is 188 Å². The van der Waals surface area contributed by atoms with E-state index in [9.17, 15) is 0 Å². The van der Waals surface area contributed by atoms with Crippen LogP contribution >= 0.6 is 0 Å². The highest BCUT2D eigenvalue weighted by atomic mass is 14.8. The summed E-state index contributed by atoms with van der Waals surface area (Å²) in [5.41, 5.74) is 11.8. The summed E-state index contributed by atoms with van der Waals surface area (Å²) in [6.45, 7) is 0. The molecule has 5 nitrogen and oxygen atoms in total. The molecule has 12 aromatic rings. The quantitative estimate of drug-likeness (QED) is 0.133. The highest BCUT2D eigenvalue weighted by molar-refractivity contribution is 6.21. The predicted molar refractivity (Wildman–Crippen MR) is 240 cm³/mol. The van der Waals surface area contributed by atoms with E-state index in [1.807, 2.05) is 24.5 Å². The minimum atomic E-state index is 0.866. The maximum Gasteiger partial charge on any atom is 0.0972 e. The summed E-state index contributed by atoms with van der Waals surface area (Å²) < 4.78 is 0. The van der Waals surface area contributed by atoms with Gasteiger partial charge in [0.15, 0.2) is 0 Å². The van der Waals surface area contributed by atoms with Gasteiger partial charge in [-0.1, -0.05) is 121 Å². The fourth-order valence-corrected chi connectivity index (χ4v) is 8.66. The van der Waals surface area contributed by atoms with Crippen molar-refractivity contribution < 1.29 is 0 Å². The Morgan fingerprint density at radius 2 is 0.793 bits per heavy atom. The maximum atomic E-state index is 5.33. The van der Waals surface area contributed by atoms with Crippen LogP contribution in [0.4, 0.5) is 0 Å². The van der Waals surface area contributed by atoms with Crippen LogP contribution in [0.5, 0.6) is 0 Å². The van der Waals surface area contributed by atoms with E-state index in [2.05, 4.69) is 164 Å². The van der Waals surface area contributed by atoms with Crippen molar-refractivity contribution in [3.63, 3.8) is 0 Å². The van der Waals surface area contributed by atoms with Crippen molar-refractivity contribution >= 4 is 75.9 Å². The topological polar surface area (TPSA) is 64.5 Å². The monoisotopic (exact) mass is 737 g/mol. The molecule has 0 saturated heterocycles. The second-order valence-electron chi connectivity index (χ2n) is 14.9. The Labute approximate surface area is 333 Å². The van der Waals surface area contributed by atoms with Gasteiger partial charge in [0.25, 0.3) is 0 Å². The molecule has 0 unspecified atom stereocenters. The summed E-state index contributed by atoms with van der Waals surface area (Å²) in [5.74, 6) is 0. The van der Waals surface area contributed by atoms with Gasteiger partial charge in [0.05, 0.1) is 44.8 Å². The Morgan fingerprint density at radius 1 is 0.293 bits per heavy atom.